The molecule has 18 heavy (non-hydrogen) atoms. The number of hydrogen-bond acceptors (Lipinski definition) is 5. The Morgan fingerprint density at radius 3 is 2.67 bits per heavy atom. The third kappa shape index (κ3) is 3.41. The van der Waals surface area contributed by atoms with Gasteiger partial charge in [-0.1, -0.05) is 23.8 Å². The van der Waals surface area contributed by atoms with E-state index in [0.717, 1.165) is 0 Å². The molecule has 1 aromatic rings. The lowest BCUT2D eigenvalue weighted by atomic mass is 10.2. The van der Waals surface area contributed by atoms with E-state index >= 15 is 0 Å². The first-order valence-electron chi connectivity index (χ1n) is 4.63. The SMILES string of the molecule is N#C/C(=N\Nc1cc(Cl)ccc1C(N)=S)C(=N)N. The van der Waals surface area contributed by atoms with Gasteiger partial charge < -0.3 is 11.5 Å². The van der Waals surface area contributed by atoms with Crippen LogP contribution in [0, 0.1) is 16.7 Å². The minimum atomic E-state index is -0.441. The summed E-state index contributed by atoms with van der Waals surface area (Å²) in [7, 11) is 0. The zero-order valence-electron chi connectivity index (χ0n) is 9.07. The molecule has 0 bridgehead atoms. The molecule has 0 aliphatic heterocycles. The molecule has 0 heterocycles. The van der Waals surface area contributed by atoms with Gasteiger partial charge in [0.1, 0.15) is 11.1 Å². The number of rotatable bonds is 4. The Morgan fingerprint density at radius 1 is 1.50 bits per heavy atom. The van der Waals surface area contributed by atoms with Crippen LogP contribution in [0.3, 0.4) is 0 Å². The van der Waals surface area contributed by atoms with Gasteiger partial charge in [0.25, 0.3) is 0 Å². The standard InChI is InChI=1S/C10H9ClN6S/c11-5-1-2-6(10(15)18)7(3-5)16-17-8(4-12)9(13)14/h1-3,16H,(H3,13,14)(H2,15,18)/b17-8+. The van der Waals surface area contributed by atoms with Crippen molar-refractivity contribution in [1.29, 1.82) is 10.7 Å². The number of halogens is 1. The average Bonchev–Trinajstić information content (AvgIpc) is 2.29. The number of thiocarbonyl (C=S) groups is 1. The molecule has 1 rings (SSSR count). The first-order chi connectivity index (χ1) is 8.45. The number of hydrogen-bond donors (Lipinski definition) is 4. The molecular weight excluding hydrogens is 272 g/mol. The Labute approximate surface area is 114 Å². The van der Waals surface area contributed by atoms with Gasteiger partial charge in [-0.15, -0.1) is 0 Å². The molecule has 6 N–H and O–H groups in total. The summed E-state index contributed by atoms with van der Waals surface area (Å²) < 4.78 is 0. The number of amidine groups is 1. The molecule has 0 aromatic heterocycles. The van der Waals surface area contributed by atoms with Crippen LogP contribution in [-0.4, -0.2) is 16.5 Å². The molecule has 0 spiro atoms. The zero-order chi connectivity index (χ0) is 13.7. The number of anilines is 1. The summed E-state index contributed by atoms with van der Waals surface area (Å²) in [5.41, 5.74) is 14.0. The minimum absolute atomic E-state index is 0.158. The average molecular weight is 281 g/mol. The van der Waals surface area contributed by atoms with Crippen LogP contribution in [0.1, 0.15) is 5.56 Å². The van der Waals surface area contributed by atoms with Gasteiger partial charge in [-0.2, -0.15) is 10.4 Å². The van der Waals surface area contributed by atoms with E-state index in [-0.39, 0.29) is 10.7 Å². The molecule has 0 aliphatic carbocycles. The Bertz CT molecular complexity index is 574. The van der Waals surface area contributed by atoms with Crippen LogP contribution in [-0.2, 0) is 0 Å². The van der Waals surface area contributed by atoms with E-state index in [2.05, 4.69) is 10.5 Å². The summed E-state index contributed by atoms with van der Waals surface area (Å²) in [6.45, 7) is 0. The van der Waals surface area contributed by atoms with Crippen LogP contribution >= 0.6 is 23.8 Å². The van der Waals surface area contributed by atoms with Crippen molar-refractivity contribution in [3.8, 4) is 6.07 Å². The van der Waals surface area contributed by atoms with Crippen molar-refractivity contribution in [3.05, 3.63) is 28.8 Å². The molecule has 6 nitrogen and oxygen atoms in total. The van der Waals surface area contributed by atoms with Crippen LogP contribution in [0.15, 0.2) is 23.3 Å². The zero-order valence-corrected chi connectivity index (χ0v) is 10.6. The molecular formula is C10H9ClN6S. The van der Waals surface area contributed by atoms with E-state index in [1.54, 1.807) is 24.3 Å². The lowest BCUT2D eigenvalue weighted by Gasteiger charge is -2.08. The van der Waals surface area contributed by atoms with Crippen LogP contribution < -0.4 is 16.9 Å². The van der Waals surface area contributed by atoms with E-state index in [1.165, 1.54) is 0 Å². The van der Waals surface area contributed by atoms with Gasteiger partial charge in [0, 0.05) is 10.6 Å². The molecule has 0 amide bonds. The molecule has 0 saturated heterocycles. The van der Waals surface area contributed by atoms with Crippen LogP contribution in [0.4, 0.5) is 5.69 Å². The lowest BCUT2D eigenvalue weighted by molar-refractivity contribution is 1.33. The van der Waals surface area contributed by atoms with Gasteiger partial charge in [-0.25, -0.2) is 0 Å². The summed E-state index contributed by atoms with van der Waals surface area (Å²) in [5, 5.41) is 19.9. The largest absolute Gasteiger partial charge is 0.389 e. The lowest BCUT2D eigenvalue weighted by Crippen LogP contribution is -2.22. The second kappa shape index (κ2) is 5.95. The Balaban J connectivity index is 3.11. The van der Waals surface area contributed by atoms with Crippen LogP contribution in [0.2, 0.25) is 5.02 Å². The second-order valence-electron chi connectivity index (χ2n) is 3.15. The van der Waals surface area contributed by atoms with E-state index in [1.807, 2.05) is 0 Å². The first kappa shape index (κ1) is 13.9. The second-order valence-corrected chi connectivity index (χ2v) is 4.03. The topological polar surface area (TPSA) is 124 Å². The van der Waals surface area contributed by atoms with E-state index in [4.69, 9.17) is 46.0 Å². The highest BCUT2D eigenvalue weighted by atomic mass is 35.5. The summed E-state index contributed by atoms with van der Waals surface area (Å²) in [6.07, 6.45) is 0. The van der Waals surface area contributed by atoms with Crippen molar-refractivity contribution in [2.75, 3.05) is 5.43 Å². The Hall–Kier alpha value is -2.17. The maximum Gasteiger partial charge on any atom is 0.201 e. The molecule has 0 radical (unpaired) electrons. The number of nitriles is 1. The molecule has 0 atom stereocenters. The molecule has 8 heteroatoms. The monoisotopic (exact) mass is 280 g/mol. The molecule has 0 fully saturated rings. The number of nitrogens with one attached hydrogen (secondary N) is 2. The maximum absolute atomic E-state index is 8.69. The number of benzene rings is 1. The number of nitrogens with two attached hydrogens (primary N) is 2. The van der Waals surface area contributed by atoms with Gasteiger partial charge in [0.05, 0.1) is 5.69 Å². The summed E-state index contributed by atoms with van der Waals surface area (Å²) >= 11 is 10.7. The van der Waals surface area contributed by atoms with Gasteiger partial charge in [-0.3, -0.25) is 10.8 Å². The Morgan fingerprint density at radius 2 is 2.17 bits per heavy atom. The van der Waals surface area contributed by atoms with E-state index in [9.17, 15) is 0 Å². The van der Waals surface area contributed by atoms with Crippen LogP contribution in [0.25, 0.3) is 0 Å². The summed E-state index contributed by atoms with van der Waals surface area (Å²) in [4.78, 5) is 0.158. The molecule has 92 valence electrons. The summed E-state index contributed by atoms with van der Waals surface area (Å²) in [5.74, 6) is -0.441. The molecule has 0 unspecified atom stereocenters. The fourth-order valence-corrected chi connectivity index (χ4v) is 1.44. The van der Waals surface area contributed by atoms with Crippen molar-refractivity contribution in [3.63, 3.8) is 0 Å². The van der Waals surface area contributed by atoms with Crippen molar-refractivity contribution in [1.82, 2.24) is 0 Å². The first-order valence-corrected chi connectivity index (χ1v) is 5.42. The van der Waals surface area contributed by atoms with Crippen molar-refractivity contribution >= 4 is 46.0 Å². The van der Waals surface area contributed by atoms with E-state index < -0.39 is 5.84 Å². The third-order valence-electron chi connectivity index (χ3n) is 1.90. The van der Waals surface area contributed by atoms with E-state index in [0.29, 0.717) is 16.3 Å². The van der Waals surface area contributed by atoms with Gasteiger partial charge in [-0.05, 0) is 18.2 Å². The predicted molar refractivity (Wildman–Crippen MR) is 75.9 cm³/mol. The number of nitrogens with zero attached hydrogens (tertiary/aromatic N) is 2. The highest BCUT2D eigenvalue weighted by Gasteiger charge is 2.07. The van der Waals surface area contributed by atoms with Crippen molar-refractivity contribution in [2.45, 2.75) is 0 Å². The molecule has 0 saturated carbocycles. The highest BCUT2D eigenvalue weighted by Crippen LogP contribution is 2.21. The van der Waals surface area contributed by atoms with Crippen molar-refractivity contribution in [2.24, 2.45) is 16.6 Å². The number of hydrazone groups is 1. The fraction of sp³-hybridized carbons (Fsp3) is 0. The normalized spacial score (nSPS) is 10.6. The molecule has 0 aliphatic rings. The Kier molecular flexibility index (Phi) is 4.59. The van der Waals surface area contributed by atoms with Gasteiger partial charge in [0.2, 0.25) is 5.71 Å². The maximum atomic E-state index is 8.69. The van der Waals surface area contributed by atoms with Crippen LogP contribution in [0.5, 0.6) is 0 Å². The third-order valence-corrected chi connectivity index (χ3v) is 2.35. The summed E-state index contributed by atoms with van der Waals surface area (Å²) in [6, 6.07) is 6.48. The minimum Gasteiger partial charge on any atom is -0.389 e. The smallest absolute Gasteiger partial charge is 0.201 e. The molecule has 1 aromatic carbocycles. The van der Waals surface area contributed by atoms with Crippen molar-refractivity contribution < 1.29 is 0 Å². The quantitative estimate of drug-likeness (QED) is 0.285. The predicted octanol–water partition coefficient (Wildman–Crippen LogP) is 1.20. The van der Waals surface area contributed by atoms with Gasteiger partial charge >= 0.3 is 0 Å². The highest BCUT2D eigenvalue weighted by molar-refractivity contribution is 7.80. The van der Waals surface area contributed by atoms with Gasteiger partial charge in [0.15, 0.2) is 5.84 Å². The fourth-order valence-electron chi connectivity index (χ4n) is 1.09.